The molecule has 1 saturated heterocycles. The Kier molecular flexibility index (Phi) is 5.76. The molecule has 0 spiro atoms. The molecule has 0 aliphatic carbocycles. The maximum Gasteiger partial charge on any atom is 0.253 e. The van der Waals surface area contributed by atoms with Gasteiger partial charge in [0.15, 0.2) is 0 Å². The first kappa shape index (κ1) is 17.5. The van der Waals surface area contributed by atoms with Crippen LogP contribution in [0.15, 0.2) is 64.4 Å². The van der Waals surface area contributed by atoms with Crippen molar-refractivity contribution in [2.45, 2.75) is 29.1 Å². The first-order valence-corrected chi connectivity index (χ1v) is 9.34. The van der Waals surface area contributed by atoms with Crippen LogP contribution in [-0.2, 0) is 4.79 Å². The van der Waals surface area contributed by atoms with Crippen molar-refractivity contribution < 1.29 is 9.59 Å². The minimum atomic E-state index is -0.253. The summed E-state index contributed by atoms with van der Waals surface area (Å²) in [5.74, 6) is 0.122. The van der Waals surface area contributed by atoms with Gasteiger partial charge >= 0.3 is 0 Å². The monoisotopic (exact) mass is 354 g/mol. The molecule has 0 bridgehead atoms. The standard InChI is InChI=1S/C20H22N2O2S/c21-19(23)14-15-10-12-22(13-11-15)20(24)16-6-8-18(9-7-16)25-17-4-2-1-3-5-17/h1-9,15H,10-14H2,(H2,21,23). The highest BCUT2D eigenvalue weighted by Gasteiger charge is 2.24. The van der Waals surface area contributed by atoms with E-state index in [4.69, 9.17) is 5.73 Å². The molecule has 0 radical (unpaired) electrons. The van der Waals surface area contributed by atoms with Crippen LogP contribution in [0.3, 0.4) is 0 Å². The third-order valence-electron chi connectivity index (χ3n) is 4.47. The van der Waals surface area contributed by atoms with Gasteiger partial charge < -0.3 is 10.6 Å². The number of benzene rings is 2. The molecule has 25 heavy (non-hydrogen) atoms. The topological polar surface area (TPSA) is 63.4 Å². The van der Waals surface area contributed by atoms with Crippen LogP contribution in [0.5, 0.6) is 0 Å². The maximum absolute atomic E-state index is 12.6. The van der Waals surface area contributed by atoms with Crippen molar-refractivity contribution in [1.82, 2.24) is 4.90 Å². The van der Waals surface area contributed by atoms with Crippen LogP contribution < -0.4 is 5.73 Å². The minimum Gasteiger partial charge on any atom is -0.370 e. The van der Waals surface area contributed by atoms with Gasteiger partial charge in [0.25, 0.3) is 5.91 Å². The van der Waals surface area contributed by atoms with Gasteiger partial charge in [-0.3, -0.25) is 9.59 Å². The van der Waals surface area contributed by atoms with E-state index in [9.17, 15) is 9.59 Å². The number of hydrogen-bond acceptors (Lipinski definition) is 3. The lowest BCUT2D eigenvalue weighted by atomic mass is 9.93. The van der Waals surface area contributed by atoms with Gasteiger partial charge in [0.2, 0.25) is 5.91 Å². The predicted octanol–water partition coefficient (Wildman–Crippen LogP) is 3.57. The van der Waals surface area contributed by atoms with Crippen molar-refractivity contribution in [3.05, 3.63) is 60.2 Å². The fourth-order valence-electron chi connectivity index (χ4n) is 3.10. The van der Waals surface area contributed by atoms with E-state index < -0.39 is 0 Å². The van der Waals surface area contributed by atoms with Gasteiger partial charge in [-0.1, -0.05) is 30.0 Å². The average Bonchev–Trinajstić information content (AvgIpc) is 2.63. The number of nitrogens with zero attached hydrogens (tertiary/aromatic N) is 1. The second-order valence-electron chi connectivity index (χ2n) is 6.35. The van der Waals surface area contributed by atoms with Crippen LogP contribution in [-0.4, -0.2) is 29.8 Å². The fourth-order valence-corrected chi connectivity index (χ4v) is 3.93. The van der Waals surface area contributed by atoms with Crippen molar-refractivity contribution in [3.63, 3.8) is 0 Å². The van der Waals surface area contributed by atoms with Gasteiger partial charge in [-0.25, -0.2) is 0 Å². The highest BCUT2D eigenvalue weighted by atomic mass is 32.2. The molecular weight excluding hydrogens is 332 g/mol. The first-order valence-electron chi connectivity index (χ1n) is 8.52. The van der Waals surface area contributed by atoms with Crippen LogP contribution in [0.2, 0.25) is 0 Å². The number of piperidine rings is 1. The van der Waals surface area contributed by atoms with Crippen LogP contribution in [0.25, 0.3) is 0 Å². The quantitative estimate of drug-likeness (QED) is 0.893. The molecule has 2 amide bonds. The van der Waals surface area contributed by atoms with E-state index >= 15 is 0 Å². The largest absolute Gasteiger partial charge is 0.370 e. The lowest BCUT2D eigenvalue weighted by Crippen LogP contribution is -2.39. The normalized spacial score (nSPS) is 15.1. The molecule has 4 nitrogen and oxygen atoms in total. The first-order chi connectivity index (χ1) is 12.1. The van der Waals surface area contributed by atoms with Crippen molar-refractivity contribution in [2.24, 2.45) is 11.7 Å². The summed E-state index contributed by atoms with van der Waals surface area (Å²) in [7, 11) is 0. The molecule has 0 atom stereocenters. The zero-order valence-electron chi connectivity index (χ0n) is 14.1. The van der Waals surface area contributed by atoms with Crippen LogP contribution in [0, 0.1) is 5.92 Å². The third-order valence-corrected chi connectivity index (χ3v) is 5.49. The Hall–Kier alpha value is -2.27. The van der Waals surface area contributed by atoms with Gasteiger partial charge in [0.05, 0.1) is 0 Å². The maximum atomic E-state index is 12.6. The van der Waals surface area contributed by atoms with Crippen molar-refractivity contribution >= 4 is 23.6 Å². The summed E-state index contributed by atoms with van der Waals surface area (Å²) < 4.78 is 0. The summed E-state index contributed by atoms with van der Waals surface area (Å²) in [6.07, 6.45) is 2.11. The predicted molar refractivity (Wildman–Crippen MR) is 99.4 cm³/mol. The smallest absolute Gasteiger partial charge is 0.253 e. The van der Waals surface area contributed by atoms with Gasteiger partial charge in [-0.15, -0.1) is 0 Å². The van der Waals surface area contributed by atoms with E-state index in [1.807, 2.05) is 47.4 Å². The lowest BCUT2D eigenvalue weighted by molar-refractivity contribution is -0.119. The SMILES string of the molecule is NC(=O)CC1CCN(C(=O)c2ccc(Sc3ccccc3)cc2)CC1. The Morgan fingerprint density at radius 3 is 2.16 bits per heavy atom. The summed E-state index contributed by atoms with van der Waals surface area (Å²) >= 11 is 1.68. The molecule has 1 heterocycles. The molecular formula is C20H22N2O2S. The molecule has 0 unspecified atom stereocenters. The van der Waals surface area contributed by atoms with Gasteiger partial charge in [0, 0.05) is 34.9 Å². The Bertz CT molecular complexity index is 723. The Balaban J connectivity index is 1.57. The van der Waals surface area contributed by atoms with Crippen LogP contribution in [0.4, 0.5) is 0 Å². The number of hydrogen-bond donors (Lipinski definition) is 1. The third kappa shape index (κ3) is 4.86. The number of likely N-dealkylation sites (tertiary alicyclic amines) is 1. The number of carbonyl (C=O) groups excluding carboxylic acids is 2. The van der Waals surface area contributed by atoms with E-state index in [0.717, 1.165) is 17.7 Å². The molecule has 3 rings (SSSR count). The Morgan fingerprint density at radius 1 is 0.960 bits per heavy atom. The van der Waals surface area contributed by atoms with E-state index in [-0.39, 0.29) is 11.8 Å². The average molecular weight is 354 g/mol. The summed E-state index contributed by atoms with van der Waals surface area (Å²) in [6, 6.07) is 17.9. The summed E-state index contributed by atoms with van der Waals surface area (Å²) in [4.78, 5) is 27.8. The molecule has 1 fully saturated rings. The highest BCUT2D eigenvalue weighted by molar-refractivity contribution is 7.99. The van der Waals surface area contributed by atoms with Crippen LogP contribution >= 0.6 is 11.8 Å². The molecule has 2 aromatic carbocycles. The highest BCUT2D eigenvalue weighted by Crippen LogP contribution is 2.28. The van der Waals surface area contributed by atoms with Gasteiger partial charge in [-0.05, 0) is 55.2 Å². The zero-order chi connectivity index (χ0) is 17.6. The number of nitrogens with two attached hydrogens (primary N) is 1. The molecule has 0 saturated carbocycles. The molecule has 2 aromatic rings. The van der Waals surface area contributed by atoms with Crippen molar-refractivity contribution in [1.29, 1.82) is 0 Å². The fraction of sp³-hybridized carbons (Fsp3) is 0.300. The summed E-state index contributed by atoms with van der Waals surface area (Å²) in [6.45, 7) is 1.38. The van der Waals surface area contributed by atoms with Crippen molar-refractivity contribution in [2.75, 3.05) is 13.1 Å². The zero-order valence-corrected chi connectivity index (χ0v) is 14.9. The number of primary amides is 1. The van der Waals surface area contributed by atoms with E-state index in [1.165, 1.54) is 4.90 Å². The number of rotatable bonds is 5. The van der Waals surface area contributed by atoms with Crippen LogP contribution in [0.1, 0.15) is 29.6 Å². The van der Waals surface area contributed by atoms with E-state index in [0.29, 0.717) is 31.0 Å². The van der Waals surface area contributed by atoms with Gasteiger partial charge in [-0.2, -0.15) is 0 Å². The lowest BCUT2D eigenvalue weighted by Gasteiger charge is -2.31. The van der Waals surface area contributed by atoms with E-state index in [2.05, 4.69) is 12.1 Å². The van der Waals surface area contributed by atoms with Gasteiger partial charge in [0.1, 0.15) is 0 Å². The number of carbonyl (C=O) groups is 2. The number of amides is 2. The summed E-state index contributed by atoms with van der Waals surface area (Å²) in [5.41, 5.74) is 5.97. The summed E-state index contributed by atoms with van der Waals surface area (Å²) in [5, 5.41) is 0. The second kappa shape index (κ2) is 8.21. The molecule has 130 valence electrons. The molecule has 5 heteroatoms. The molecule has 0 aromatic heterocycles. The molecule has 1 aliphatic heterocycles. The van der Waals surface area contributed by atoms with E-state index in [1.54, 1.807) is 11.8 Å². The molecule has 2 N–H and O–H groups in total. The Labute approximate surface area is 152 Å². The second-order valence-corrected chi connectivity index (χ2v) is 7.49. The Morgan fingerprint density at radius 2 is 1.56 bits per heavy atom. The minimum absolute atomic E-state index is 0.0637. The molecule has 1 aliphatic rings. The van der Waals surface area contributed by atoms with Crippen molar-refractivity contribution in [3.8, 4) is 0 Å².